The summed E-state index contributed by atoms with van der Waals surface area (Å²) in [7, 11) is 0. The van der Waals surface area contributed by atoms with E-state index < -0.39 is 0 Å². The van der Waals surface area contributed by atoms with Crippen LogP contribution >= 0.6 is 11.3 Å². The van der Waals surface area contributed by atoms with E-state index in [1.54, 1.807) is 11.3 Å². The van der Waals surface area contributed by atoms with Gasteiger partial charge in [0, 0.05) is 32.1 Å². The first-order valence-corrected chi connectivity index (χ1v) is 8.97. The largest absolute Gasteiger partial charge is 0.379 e. The predicted molar refractivity (Wildman–Crippen MR) is 93.9 cm³/mol. The van der Waals surface area contributed by atoms with Crippen LogP contribution < -0.4 is 5.32 Å². The van der Waals surface area contributed by atoms with Crippen molar-refractivity contribution >= 4 is 16.5 Å². The molecule has 2 aromatic rings. The third kappa shape index (κ3) is 4.73. The molecule has 1 aromatic carbocycles. The van der Waals surface area contributed by atoms with Gasteiger partial charge in [0.05, 0.1) is 13.2 Å². The van der Waals surface area contributed by atoms with Gasteiger partial charge in [-0.05, 0) is 11.1 Å². The number of ether oxygens (including phenoxy) is 1. The Labute approximate surface area is 141 Å². The van der Waals surface area contributed by atoms with Gasteiger partial charge in [-0.15, -0.1) is 10.2 Å². The molecule has 0 aliphatic carbocycles. The molecule has 5 nitrogen and oxygen atoms in total. The van der Waals surface area contributed by atoms with Crippen LogP contribution in [0.4, 0.5) is 5.13 Å². The average molecular weight is 332 g/mol. The maximum Gasteiger partial charge on any atom is 0.205 e. The number of anilines is 1. The predicted octanol–water partition coefficient (Wildman–Crippen LogP) is 3.11. The van der Waals surface area contributed by atoms with Crippen LogP contribution in [0.5, 0.6) is 0 Å². The lowest BCUT2D eigenvalue weighted by molar-refractivity contribution is 0.0342. The molecule has 3 rings (SSSR count). The highest BCUT2D eigenvalue weighted by Gasteiger charge is 2.10. The summed E-state index contributed by atoms with van der Waals surface area (Å²) in [6.07, 6.45) is 0. The Kier molecular flexibility index (Phi) is 5.59. The summed E-state index contributed by atoms with van der Waals surface area (Å²) in [5, 5.41) is 13.7. The number of rotatable bonds is 6. The highest BCUT2D eigenvalue weighted by Crippen LogP contribution is 2.22. The molecule has 1 N–H and O–H groups in total. The maximum absolute atomic E-state index is 5.39. The number of hydrogen-bond acceptors (Lipinski definition) is 6. The lowest BCUT2D eigenvalue weighted by Gasteiger charge is -2.26. The molecule has 1 aliphatic heterocycles. The maximum atomic E-state index is 5.39. The van der Waals surface area contributed by atoms with Crippen molar-refractivity contribution in [2.75, 3.05) is 31.6 Å². The van der Waals surface area contributed by atoms with Gasteiger partial charge in [-0.2, -0.15) is 0 Å². The van der Waals surface area contributed by atoms with Crippen molar-refractivity contribution < 1.29 is 4.74 Å². The first-order chi connectivity index (χ1) is 11.2. The Morgan fingerprint density at radius 3 is 2.48 bits per heavy atom. The second kappa shape index (κ2) is 7.86. The number of benzene rings is 1. The van der Waals surface area contributed by atoms with Crippen LogP contribution in [0.3, 0.4) is 0 Å². The molecule has 0 radical (unpaired) electrons. The van der Waals surface area contributed by atoms with E-state index in [4.69, 9.17) is 4.74 Å². The molecule has 1 aromatic heterocycles. The van der Waals surface area contributed by atoms with Crippen molar-refractivity contribution in [1.29, 1.82) is 0 Å². The molecule has 0 amide bonds. The zero-order valence-electron chi connectivity index (χ0n) is 13.8. The normalized spacial score (nSPS) is 16.0. The Morgan fingerprint density at radius 2 is 1.83 bits per heavy atom. The van der Waals surface area contributed by atoms with Crippen LogP contribution in [-0.2, 0) is 17.8 Å². The standard InChI is InChI=1S/C17H24N4OS/c1-13(2)16-19-20-17(23-16)18-11-14-3-5-15(6-4-14)12-21-7-9-22-10-8-21/h3-6,13H,7-12H2,1-2H3,(H,18,20). The quantitative estimate of drug-likeness (QED) is 0.881. The second-order valence-corrected chi connectivity index (χ2v) is 7.17. The van der Waals surface area contributed by atoms with Crippen molar-refractivity contribution in [1.82, 2.24) is 15.1 Å². The Morgan fingerprint density at radius 1 is 1.13 bits per heavy atom. The summed E-state index contributed by atoms with van der Waals surface area (Å²) in [5.74, 6) is 0.433. The van der Waals surface area contributed by atoms with Crippen LogP contribution in [0.25, 0.3) is 0 Å². The van der Waals surface area contributed by atoms with Crippen LogP contribution in [0.2, 0.25) is 0 Å². The number of nitrogens with zero attached hydrogens (tertiary/aromatic N) is 3. The van der Waals surface area contributed by atoms with Crippen molar-refractivity contribution in [2.45, 2.75) is 32.9 Å². The van der Waals surface area contributed by atoms with Crippen LogP contribution in [-0.4, -0.2) is 41.4 Å². The summed E-state index contributed by atoms with van der Waals surface area (Å²) in [5.41, 5.74) is 2.62. The smallest absolute Gasteiger partial charge is 0.205 e. The summed E-state index contributed by atoms with van der Waals surface area (Å²) >= 11 is 1.63. The van der Waals surface area contributed by atoms with Gasteiger partial charge >= 0.3 is 0 Å². The summed E-state index contributed by atoms with van der Waals surface area (Å²) in [6.45, 7) is 9.81. The summed E-state index contributed by atoms with van der Waals surface area (Å²) in [4.78, 5) is 2.44. The zero-order valence-corrected chi connectivity index (χ0v) is 14.6. The van der Waals surface area contributed by atoms with E-state index in [0.717, 1.165) is 49.5 Å². The van der Waals surface area contributed by atoms with Crippen LogP contribution in [0, 0.1) is 0 Å². The lowest BCUT2D eigenvalue weighted by Crippen LogP contribution is -2.35. The molecule has 124 valence electrons. The molecule has 0 saturated carbocycles. The summed E-state index contributed by atoms with van der Waals surface area (Å²) in [6, 6.07) is 8.80. The third-order valence-corrected chi connectivity index (χ3v) is 5.09. The van der Waals surface area contributed by atoms with Gasteiger partial charge in [0.25, 0.3) is 0 Å². The van der Waals surface area contributed by atoms with E-state index in [2.05, 4.69) is 58.5 Å². The fourth-order valence-electron chi connectivity index (χ4n) is 2.50. The highest BCUT2D eigenvalue weighted by molar-refractivity contribution is 7.15. The SMILES string of the molecule is CC(C)c1nnc(NCc2ccc(CN3CCOCC3)cc2)s1. The fraction of sp³-hybridized carbons (Fsp3) is 0.529. The number of nitrogens with one attached hydrogen (secondary N) is 1. The minimum Gasteiger partial charge on any atom is -0.379 e. The third-order valence-electron chi connectivity index (χ3n) is 3.91. The van der Waals surface area contributed by atoms with Crippen molar-refractivity contribution in [2.24, 2.45) is 0 Å². The Balaban J connectivity index is 1.50. The monoisotopic (exact) mass is 332 g/mol. The summed E-state index contributed by atoms with van der Waals surface area (Å²) < 4.78 is 5.39. The fourth-order valence-corrected chi connectivity index (χ4v) is 3.24. The Bertz CT molecular complexity index is 605. The minimum atomic E-state index is 0.433. The van der Waals surface area contributed by atoms with E-state index in [9.17, 15) is 0 Å². The van der Waals surface area contributed by atoms with Crippen molar-refractivity contribution in [3.63, 3.8) is 0 Å². The van der Waals surface area contributed by atoms with E-state index in [1.807, 2.05) is 0 Å². The van der Waals surface area contributed by atoms with Crippen LogP contribution in [0.15, 0.2) is 24.3 Å². The lowest BCUT2D eigenvalue weighted by atomic mass is 10.1. The first kappa shape index (κ1) is 16.4. The molecule has 23 heavy (non-hydrogen) atoms. The van der Waals surface area contributed by atoms with E-state index in [0.29, 0.717) is 5.92 Å². The van der Waals surface area contributed by atoms with Gasteiger partial charge in [0.15, 0.2) is 0 Å². The molecular weight excluding hydrogens is 308 g/mol. The second-order valence-electron chi connectivity index (χ2n) is 6.16. The topological polar surface area (TPSA) is 50.3 Å². The van der Waals surface area contributed by atoms with Gasteiger partial charge in [-0.1, -0.05) is 49.4 Å². The average Bonchev–Trinajstić information content (AvgIpc) is 3.04. The molecule has 6 heteroatoms. The minimum absolute atomic E-state index is 0.433. The first-order valence-electron chi connectivity index (χ1n) is 8.16. The molecule has 1 saturated heterocycles. The van der Waals surface area contributed by atoms with Gasteiger partial charge in [0.1, 0.15) is 5.01 Å². The molecule has 0 spiro atoms. The van der Waals surface area contributed by atoms with E-state index in [-0.39, 0.29) is 0 Å². The van der Waals surface area contributed by atoms with E-state index in [1.165, 1.54) is 11.1 Å². The van der Waals surface area contributed by atoms with Crippen LogP contribution in [0.1, 0.15) is 35.9 Å². The molecule has 0 unspecified atom stereocenters. The van der Waals surface area contributed by atoms with Crippen molar-refractivity contribution in [3.05, 3.63) is 40.4 Å². The molecule has 0 bridgehead atoms. The highest BCUT2D eigenvalue weighted by atomic mass is 32.1. The zero-order chi connectivity index (χ0) is 16.1. The van der Waals surface area contributed by atoms with Gasteiger partial charge < -0.3 is 10.1 Å². The van der Waals surface area contributed by atoms with Gasteiger partial charge in [-0.3, -0.25) is 4.90 Å². The molecule has 1 aliphatic rings. The number of hydrogen-bond donors (Lipinski definition) is 1. The molecule has 2 heterocycles. The van der Waals surface area contributed by atoms with E-state index >= 15 is 0 Å². The van der Waals surface area contributed by atoms with Gasteiger partial charge in [0.2, 0.25) is 5.13 Å². The van der Waals surface area contributed by atoms with Crippen molar-refractivity contribution in [3.8, 4) is 0 Å². The number of morpholine rings is 1. The van der Waals surface area contributed by atoms with Gasteiger partial charge in [-0.25, -0.2) is 0 Å². The number of aromatic nitrogens is 2. The molecule has 0 atom stereocenters. The molecule has 1 fully saturated rings. The Hall–Kier alpha value is -1.50. The molecular formula is C17H24N4OS.